The number of allylic oxidation sites excluding steroid dienone is 1. The van der Waals surface area contributed by atoms with Gasteiger partial charge in [0.2, 0.25) is 5.78 Å². The third-order valence-electron chi connectivity index (χ3n) is 4.32. The van der Waals surface area contributed by atoms with Gasteiger partial charge < -0.3 is 14.2 Å². The summed E-state index contributed by atoms with van der Waals surface area (Å²) < 4.78 is 29.1. The van der Waals surface area contributed by atoms with E-state index in [1.54, 1.807) is 48.5 Å². The minimum atomic E-state index is -0.609. The number of benzene rings is 3. The fourth-order valence-electron chi connectivity index (χ4n) is 2.87. The highest BCUT2D eigenvalue weighted by Crippen LogP contribution is 2.35. The third-order valence-corrected chi connectivity index (χ3v) is 4.32. The largest absolute Gasteiger partial charge is 0.497 e. The summed E-state index contributed by atoms with van der Waals surface area (Å²) in [5.74, 6) is 0.189. The number of methoxy groups -OCH3 is 1. The first kappa shape index (κ1) is 18.4. The van der Waals surface area contributed by atoms with E-state index in [9.17, 15) is 14.0 Å². The highest BCUT2D eigenvalue weighted by molar-refractivity contribution is 6.14. The van der Waals surface area contributed by atoms with Gasteiger partial charge in [0.05, 0.1) is 18.2 Å². The molecule has 0 atom stereocenters. The maximum absolute atomic E-state index is 13.0. The molecule has 0 radical (unpaired) electrons. The van der Waals surface area contributed by atoms with Gasteiger partial charge in [-0.15, -0.1) is 0 Å². The lowest BCUT2D eigenvalue weighted by Gasteiger charge is -2.05. The Morgan fingerprint density at radius 1 is 1.00 bits per heavy atom. The van der Waals surface area contributed by atoms with Gasteiger partial charge >= 0.3 is 5.97 Å². The van der Waals surface area contributed by atoms with E-state index in [1.165, 1.54) is 31.4 Å². The summed E-state index contributed by atoms with van der Waals surface area (Å²) in [5, 5.41) is 0. The van der Waals surface area contributed by atoms with Crippen LogP contribution in [-0.4, -0.2) is 18.9 Å². The maximum atomic E-state index is 13.0. The summed E-state index contributed by atoms with van der Waals surface area (Å²) in [6, 6.07) is 16.7. The highest BCUT2D eigenvalue weighted by Gasteiger charge is 2.27. The Kier molecular flexibility index (Phi) is 4.83. The topological polar surface area (TPSA) is 61.8 Å². The number of hydrogen-bond acceptors (Lipinski definition) is 5. The molecule has 29 heavy (non-hydrogen) atoms. The predicted octanol–water partition coefficient (Wildman–Crippen LogP) is 4.67. The van der Waals surface area contributed by atoms with Gasteiger partial charge in [-0.25, -0.2) is 9.18 Å². The zero-order valence-corrected chi connectivity index (χ0v) is 15.3. The number of fused-ring (bicyclic) bond motifs is 1. The van der Waals surface area contributed by atoms with Crippen molar-refractivity contribution in [3.05, 3.63) is 95.0 Å². The third kappa shape index (κ3) is 3.87. The normalized spacial score (nSPS) is 13.7. The summed E-state index contributed by atoms with van der Waals surface area (Å²) in [6.07, 6.45) is 1.57. The van der Waals surface area contributed by atoms with Crippen LogP contribution in [0, 0.1) is 5.82 Å². The van der Waals surface area contributed by atoms with Crippen molar-refractivity contribution >= 4 is 17.8 Å². The van der Waals surface area contributed by atoms with Crippen molar-refractivity contribution in [3.63, 3.8) is 0 Å². The van der Waals surface area contributed by atoms with Crippen LogP contribution in [0.1, 0.15) is 26.3 Å². The number of ketones is 1. The van der Waals surface area contributed by atoms with E-state index in [1.807, 2.05) is 0 Å². The standard InChI is InChI=1S/C23H15FO5/c1-27-17-9-10-19-20(13-17)29-21(22(19)25)12-14-3-2-4-18(11-14)28-23(26)15-5-7-16(24)8-6-15/h2-13H,1H3/b21-12-. The Labute approximate surface area is 166 Å². The SMILES string of the molecule is COc1ccc2c(c1)O/C(=C\c1cccc(OC(=O)c3ccc(F)cc3)c1)C2=O. The van der Waals surface area contributed by atoms with E-state index >= 15 is 0 Å². The van der Waals surface area contributed by atoms with E-state index in [-0.39, 0.29) is 17.1 Å². The Morgan fingerprint density at radius 2 is 1.79 bits per heavy atom. The number of hydrogen-bond donors (Lipinski definition) is 0. The molecular formula is C23H15FO5. The molecule has 6 heteroatoms. The van der Waals surface area contributed by atoms with Crippen LogP contribution in [0.2, 0.25) is 0 Å². The number of carbonyl (C=O) groups excluding carboxylic acids is 2. The molecule has 1 heterocycles. The monoisotopic (exact) mass is 390 g/mol. The first-order valence-electron chi connectivity index (χ1n) is 8.73. The summed E-state index contributed by atoms with van der Waals surface area (Å²) in [6.45, 7) is 0. The molecule has 0 unspecified atom stereocenters. The summed E-state index contributed by atoms with van der Waals surface area (Å²) in [7, 11) is 1.54. The number of rotatable bonds is 4. The molecule has 0 N–H and O–H groups in total. The fraction of sp³-hybridized carbons (Fsp3) is 0.0435. The summed E-state index contributed by atoms with van der Waals surface area (Å²) in [4.78, 5) is 24.7. The zero-order valence-electron chi connectivity index (χ0n) is 15.3. The van der Waals surface area contributed by atoms with E-state index in [0.717, 1.165) is 0 Å². The van der Waals surface area contributed by atoms with Gasteiger partial charge in [-0.2, -0.15) is 0 Å². The van der Waals surface area contributed by atoms with Crippen molar-refractivity contribution in [1.82, 2.24) is 0 Å². The summed E-state index contributed by atoms with van der Waals surface area (Å²) in [5.41, 5.74) is 1.31. The molecule has 144 valence electrons. The molecule has 0 aliphatic carbocycles. The van der Waals surface area contributed by atoms with Crippen LogP contribution < -0.4 is 14.2 Å². The van der Waals surface area contributed by atoms with Gasteiger partial charge in [-0.05, 0) is 60.2 Å². The summed E-state index contributed by atoms with van der Waals surface area (Å²) >= 11 is 0. The molecule has 0 bridgehead atoms. The number of carbonyl (C=O) groups is 2. The molecule has 4 rings (SSSR count). The minimum Gasteiger partial charge on any atom is -0.497 e. The molecule has 0 aromatic heterocycles. The zero-order chi connectivity index (χ0) is 20.4. The second-order valence-electron chi connectivity index (χ2n) is 6.27. The second-order valence-corrected chi connectivity index (χ2v) is 6.27. The van der Waals surface area contributed by atoms with Crippen molar-refractivity contribution < 1.29 is 28.2 Å². The van der Waals surface area contributed by atoms with E-state index in [2.05, 4.69) is 0 Å². The van der Waals surface area contributed by atoms with Crippen molar-refractivity contribution in [2.75, 3.05) is 7.11 Å². The Morgan fingerprint density at radius 3 is 2.55 bits per heavy atom. The quantitative estimate of drug-likeness (QED) is 0.368. The van der Waals surface area contributed by atoms with Crippen molar-refractivity contribution in [3.8, 4) is 17.2 Å². The van der Waals surface area contributed by atoms with Crippen LogP contribution in [0.5, 0.6) is 17.2 Å². The van der Waals surface area contributed by atoms with Crippen LogP contribution in [0.15, 0.2) is 72.5 Å². The molecule has 1 aliphatic heterocycles. The van der Waals surface area contributed by atoms with Crippen LogP contribution in [-0.2, 0) is 0 Å². The van der Waals surface area contributed by atoms with Crippen LogP contribution in [0.25, 0.3) is 6.08 Å². The molecule has 3 aromatic rings. The molecule has 0 saturated carbocycles. The van der Waals surface area contributed by atoms with Gasteiger partial charge in [-0.1, -0.05) is 12.1 Å². The Hall–Kier alpha value is -3.93. The number of Topliss-reactive ketones (excluding diaryl/α,β-unsaturated/α-hetero) is 1. The van der Waals surface area contributed by atoms with Gasteiger partial charge in [0.1, 0.15) is 23.1 Å². The van der Waals surface area contributed by atoms with Crippen LogP contribution in [0.4, 0.5) is 4.39 Å². The predicted molar refractivity (Wildman–Crippen MR) is 104 cm³/mol. The van der Waals surface area contributed by atoms with Crippen LogP contribution in [0.3, 0.4) is 0 Å². The molecule has 3 aromatic carbocycles. The average molecular weight is 390 g/mol. The molecule has 5 nitrogen and oxygen atoms in total. The Balaban J connectivity index is 1.54. The molecule has 0 amide bonds. The van der Waals surface area contributed by atoms with Crippen LogP contribution >= 0.6 is 0 Å². The highest BCUT2D eigenvalue weighted by atomic mass is 19.1. The minimum absolute atomic E-state index is 0.162. The second kappa shape index (κ2) is 7.59. The van der Waals surface area contributed by atoms with Gasteiger partial charge in [0, 0.05) is 6.07 Å². The molecule has 1 aliphatic rings. The van der Waals surface area contributed by atoms with Gasteiger partial charge in [-0.3, -0.25) is 4.79 Å². The first-order chi connectivity index (χ1) is 14.0. The lowest BCUT2D eigenvalue weighted by Crippen LogP contribution is -2.08. The molecule has 0 spiro atoms. The fourth-order valence-corrected chi connectivity index (χ4v) is 2.87. The number of ether oxygens (including phenoxy) is 3. The van der Waals surface area contributed by atoms with E-state index in [4.69, 9.17) is 14.2 Å². The van der Waals surface area contributed by atoms with Gasteiger partial charge in [0.15, 0.2) is 5.76 Å². The van der Waals surface area contributed by atoms with E-state index in [0.29, 0.717) is 28.4 Å². The number of esters is 1. The number of halogens is 1. The van der Waals surface area contributed by atoms with Crippen molar-refractivity contribution in [2.45, 2.75) is 0 Å². The first-order valence-corrected chi connectivity index (χ1v) is 8.73. The van der Waals surface area contributed by atoms with Crippen molar-refractivity contribution in [1.29, 1.82) is 0 Å². The Bertz CT molecular complexity index is 1130. The smallest absolute Gasteiger partial charge is 0.343 e. The van der Waals surface area contributed by atoms with Crippen molar-refractivity contribution in [2.24, 2.45) is 0 Å². The average Bonchev–Trinajstić information content (AvgIpc) is 3.03. The molecule has 0 fully saturated rings. The van der Waals surface area contributed by atoms with E-state index < -0.39 is 11.8 Å². The lowest BCUT2D eigenvalue weighted by molar-refractivity contribution is 0.0734. The lowest BCUT2D eigenvalue weighted by atomic mass is 10.1. The van der Waals surface area contributed by atoms with Gasteiger partial charge in [0.25, 0.3) is 0 Å². The molecule has 0 saturated heterocycles. The maximum Gasteiger partial charge on any atom is 0.343 e. The molecular weight excluding hydrogens is 375 g/mol.